The van der Waals surface area contributed by atoms with E-state index in [0.717, 1.165) is 24.9 Å². The van der Waals surface area contributed by atoms with E-state index in [2.05, 4.69) is 10.2 Å². The molecule has 0 spiro atoms. The first-order valence-corrected chi connectivity index (χ1v) is 7.29. The van der Waals surface area contributed by atoms with E-state index < -0.39 is 0 Å². The number of esters is 1. The van der Waals surface area contributed by atoms with Crippen LogP contribution in [0.25, 0.3) is 0 Å². The van der Waals surface area contributed by atoms with Gasteiger partial charge in [-0.25, -0.2) is 0 Å². The van der Waals surface area contributed by atoms with Crippen LogP contribution in [0.3, 0.4) is 0 Å². The Morgan fingerprint density at radius 3 is 2.55 bits per heavy atom. The highest BCUT2D eigenvalue weighted by atomic mass is 35.5. The van der Waals surface area contributed by atoms with Gasteiger partial charge in [0.05, 0.1) is 13.5 Å². The van der Waals surface area contributed by atoms with E-state index in [1.54, 1.807) is 0 Å². The Bertz CT molecular complexity index is 274. The monoisotopic (exact) mass is 326 g/mol. The number of likely N-dealkylation sites (tertiary alicyclic amines) is 1. The normalized spacial score (nSPS) is 24.4. The Balaban J connectivity index is 0.00000180. The van der Waals surface area contributed by atoms with Crippen LogP contribution in [0.4, 0.5) is 0 Å². The van der Waals surface area contributed by atoms with Crippen LogP contribution >= 0.6 is 24.8 Å². The highest BCUT2D eigenvalue weighted by Crippen LogP contribution is 2.29. The second-order valence-electron chi connectivity index (χ2n) is 5.62. The number of halogens is 2. The zero-order valence-electron chi connectivity index (χ0n) is 12.3. The topological polar surface area (TPSA) is 41.6 Å². The maximum atomic E-state index is 11.2. The number of nitrogens with zero attached hydrogens (tertiary/aromatic N) is 1. The molecule has 6 heteroatoms. The third-order valence-electron chi connectivity index (χ3n) is 4.45. The first-order chi connectivity index (χ1) is 8.79. The molecule has 2 fully saturated rings. The van der Waals surface area contributed by atoms with Gasteiger partial charge in [0.2, 0.25) is 0 Å². The molecule has 20 heavy (non-hydrogen) atoms. The fraction of sp³-hybridized carbons (Fsp3) is 0.929. The summed E-state index contributed by atoms with van der Waals surface area (Å²) in [6.45, 7) is 5.57. The Labute approximate surface area is 134 Å². The molecule has 0 unspecified atom stereocenters. The molecule has 0 saturated carbocycles. The highest BCUT2D eigenvalue weighted by Gasteiger charge is 2.28. The first-order valence-electron chi connectivity index (χ1n) is 7.29. The lowest BCUT2D eigenvalue weighted by molar-refractivity contribution is -0.141. The average molecular weight is 327 g/mol. The third-order valence-corrected chi connectivity index (χ3v) is 4.45. The fourth-order valence-corrected chi connectivity index (χ4v) is 3.35. The van der Waals surface area contributed by atoms with Crippen molar-refractivity contribution in [3.8, 4) is 0 Å². The molecule has 1 atom stereocenters. The lowest BCUT2D eigenvalue weighted by atomic mass is 9.80. The van der Waals surface area contributed by atoms with E-state index in [1.807, 2.05) is 0 Å². The molecule has 0 aromatic heterocycles. The summed E-state index contributed by atoms with van der Waals surface area (Å²) >= 11 is 0. The largest absolute Gasteiger partial charge is 0.469 e. The molecule has 1 N–H and O–H groups in total. The molecule has 2 aliphatic heterocycles. The zero-order chi connectivity index (χ0) is 12.8. The Morgan fingerprint density at radius 1 is 1.20 bits per heavy atom. The second kappa shape index (κ2) is 10.7. The van der Waals surface area contributed by atoms with Gasteiger partial charge in [-0.2, -0.15) is 0 Å². The van der Waals surface area contributed by atoms with E-state index >= 15 is 0 Å². The van der Waals surface area contributed by atoms with Gasteiger partial charge in [-0.3, -0.25) is 4.79 Å². The molecule has 2 saturated heterocycles. The van der Waals surface area contributed by atoms with Crippen LogP contribution in [-0.2, 0) is 9.53 Å². The standard InChI is InChI=1S/C14H26N2O2.2ClH/c1-18-14(17)6-10-16-9-2-3-13(11-16)12-4-7-15-8-5-12;;/h12-13,15H,2-11H2,1H3;2*1H/t13-;;/m0../s1. The lowest BCUT2D eigenvalue weighted by Crippen LogP contribution is -2.42. The van der Waals surface area contributed by atoms with Crippen molar-refractivity contribution in [3.05, 3.63) is 0 Å². The molecule has 2 rings (SSSR count). The van der Waals surface area contributed by atoms with Gasteiger partial charge >= 0.3 is 5.97 Å². The van der Waals surface area contributed by atoms with Crippen LogP contribution in [0, 0.1) is 11.8 Å². The van der Waals surface area contributed by atoms with Gasteiger partial charge < -0.3 is 15.0 Å². The molecular weight excluding hydrogens is 299 g/mol. The predicted octanol–water partition coefficient (Wildman–Crippen LogP) is 2.10. The van der Waals surface area contributed by atoms with Gasteiger partial charge in [0.1, 0.15) is 0 Å². The van der Waals surface area contributed by atoms with Gasteiger partial charge in [-0.1, -0.05) is 0 Å². The molecule has 2 heterocycles. The van der Waals surface area contributed by atoms with Crippen LogP contribution in [0.15, 0.2) is 0 Å². The molecule has 0 aromatic rings. The number of nitrogens with one attached hydrogen (secondary N) is 1. The number of carbonyl (C=O) groups is 1. The molecule has 2 aliphatic rings. The average Bonchev–Trinajstić information content (AvgIpc) is 2.46. The van der Waals surface area contributed by atoms with Gasteiger partial charge in [0.15, 0.2) is 0 Å². The fourth-order valence-electron chi connectivity index (χ4n) is 3.35. The number of hydrogen-bond donors (Lipinski definition) is 1. The van der Waals surface area contributed by atoms with Crippen molar-refractivity contribution in [2.24, 2.45) is 11.8 Å². The number of methoxy groups -OCH3 is 1. The summed E-state index contributed by atoms with van der Waals surface area (Å²) in [5.74, 6) is 1.66. The van der Waals surface area contributed by atoms with E-state index in [-0.39, 0.29) is 30.8 Å². The van der Waals surface area contributed by atoms with Crippen LogP contribution < -0.4 is 5.32 Å². The van der Waals surface area contributed by atoms with Crippen LogP contribution in [0.2, 0.25) is 0 Å². The Hall–Kier alpha value is -0.0300. The predicted molar refractivity (Wildman–Crippen MR) is 85.9 cm³/mol. The van der Waals surface area contributed by atoms with Gasteiger partial charge in [-0.15, -0.1) is 24.8 Å². The molecule has 0 aromatic carbocycles. The summed E-state index contributed by atoms with van der Waals surface area (Å²) in [6.07, 6.45) is 5.86. The molecule has 4 nitrogen and oxygen atoms in total. The van der Waals surface area contributed by atoms with Crippen molar-refractivity contribution in [3.63, 3.8) is 0 Å². The number of rotatable bonds is 4. The van der Waals surface area contributed by atoms with Crippen molar-refractivity contribution in [1.82, 2.24) is 10.2 Å². The van der Waals surface area contributed by atoms with E-state index in [0.29, 0.717) is 6.42 Å². The summed E-state index contributed by atoms with van der Waals surface area (Å²) in [5, 5.41) is 3.44. The molecule has 0 aliphatic carbocycles. The summed E-state index contributed by atoms with van der Waals surface area (Å²) in [7, 11) is 1.47. The van der Waals surface area contributed by atoms with E-state index in [4.69, 9.17) is 4.74 Å². The minimum Gasteiger partial charge on any atom is -0.469 e. The molecule has 120 valence electrons. The molecule has 0 amide bonds. The quantitative estimate of drug-likeness (QED) is 0.803. The number of carbonyl (C=O) groups excluding carboxylic acids is 1. The van der Waals surface area contributed by atoms with Crippen LogP contribution in [-0.4, -0.2) is 50.7 Å². The van der Waals surface area contributed by atoms with Crippen molar-refractivity contribution < 1.29 is 9.53 Å². The molecule has 0 bridgehead atoms. The van der Waals surface area contributed by atoms with Crippen LogP contribution in [0.1, 0.15) is 32.1 Å². The first kappa shape index (κ1) is 20.0. The van der Waals surface area contributed by atoms with Gasteiger partial charge in [0, 0.05) is 13.1 Å². The SMILES string of the molecule is COC(=O)CCN1CCC[C@H](C2CCNCC2)C1.Cl.Cl. The van der Waals surface area contributed by atoms with Crippen molar-refractivity contribution in [1.29, 1.82) is 0 Å². The Morgan fingerprint density at radius 2 is 1.90 bits per heavy atom. The van der Waals surface area contributed by atoms with Gasteiger partial charge in [-0.05, 0) is 57.2 Å². The summed E-state index contributed by atoms with van der Waals surface area (Å²) in [5.41, 5.74) is 0. The van der Waals surface area contributed by atoms with Crippen LogP contribution in [0.5, 0.6) is 0 Å². The number of hydrogen-bond acceptors (Lipinski definition) is 4. The van der Waals surface area contributed by atoms with Crippen molar-refractivity contribution in [2.75, 3.05) is 39.8 Å². The summed E-state index contributed by atoms with van der Waals surface area (Å²) in [6, 6.07) is 0. The smallest absolute Gasteiger partial charge is 0.306 e. The summed E-state index contributed by atoms with van der Waals surface area (Å²) < 4.78 is 4.71. The molecular formula is C14H28Cl2N2O2. The number of piperidine rings is 2. The highest BCUT2D eigenvalue weighted by molar-refractivity contribution is 5.85. The van der Waals surface area contributed by atoms with Crippen molar-refractivity contribution >= 4 is 30.8 Å². The van der Waals surface area contributed by atoms with E-state index in [1.165, 1.54) is 52.4 Å². The maximum Gasteiger partial charge on any atom is 0.306 e. The third kappa shape index (κ3) is 6.17. The number of ether oxygens (including phenoxy) is 1. The molecule has 0 radical (unpaired) electrons. The minimum absolute atomic E-state index is 0. The second-order valence-corrected chi connectivity index (χ2v) is 5.62. The van der Waals surface area contributed by atoms with Gasteiger partial charge in [0.25, 0.3) is 0 Å². The minimum atomic E-state index is -0.0843. The Kier molecular flexibility index (Phi) is 10.6. The van der Waals surface area contributed by atoms with E-state index in [9.17, 15) is 4.79 Å². The lowest BCUT2D eigenvalue weighted by Gasteiger charge is -2.38. The summed E-state index contributed by atoms with van der Waals surface area (Å²) in [4.78, 5) is 13.6. The zero-order valence-corrected chi connectivity index (χ0v) is 13.9. The van der Waals surface area contributed by atoms with Crippen molar-refractivity contribution in [2.45, 2.75) is 32.1 Å². The maximum absolute atomic E-state index is 11.2.